The highest BCUT2D eigenvalue weighted by molar-refractivity contribution is 8.01. The summed E-state index contributed by atoms with van der Waals surface area (Å²) in [5.41, 5.74) is 0.933. The van der Waals surface area contributed by atoms with Gasteiger partial charge in [0.15, 0.2) is 6.10 Å². The van der Waals surface area contributed by atoms with Gasteiger partial charge in [-0.3, -0.25) is 4.79 Å². The monoisotopic (exact) mass is 335 g/mol. The Balaban J connectivity index is 1.69. The second-order valence-corrected chi connectivity index (χ2v) is 8.00. The Morgan fingerprint density at radius 1 is 1.30 bits per heavy atom. The van der Waals surface area contributed by atoms with Crippen LogP contribution in [0.15, 0.2) is 30.3 Å². The van der Waals surface area contributed by atoms with E-state index in [9.17, 15) is 9.59 Å². The van der Waals surface area contributed by atoms with Gasteiger partial charge in [-0.15, -0.1) is 11.8 Å². The molecule has 1 aromatic rings. The summed E-state index contributed by atoms with van der Waals surface area (Å²) in [6.07, 6.45) is -0.434. The Hall–Kier alpha value is -1.53. The molecule has 0 aromatic heterocycles. The lowest BCUT2D eigenvalue weighted by Crippen LogP contribution is -2.66. The van der Waals surface area contributed by atoms with E-state index in [-0.39, 0.29) is 28.6 Å². The van der Waals surface area contributed by atoms with Crippen molar-refractivity contribution < 1.29 is 19.1 Å². The molecule has 1 aromatic carbocycles. The van der Waals surface area contributed by atoms with Gasteiger partial charge >= 0.3 is 5.97 Å². The molecule has 2 aliphatic rings. The molecular weight excluding hydrogens is 314 g/mol. The lowest BCUT2D eigenvalue weighted by atomic mass is 9.97. The van der Waals surface area contributed by atoms with Crippen LogP contribution >= 0.6 is 11.8 Å². The number of fused-ring (bicyclic) bond motifs is 1. The molecule has 3 atom stereocenters. The first kappa shape index (κ1) is 16.3. The van der Waals surface area contributed by atoms with E-state index in [0.717, 1.165) is 5.56 Å². The van der Waals surface area contributed by atoms with Crippen molar-refractivity contribution in [2.45, 2.75) is 49.6 Å². The minimum absolute atomic E-state index is 0.0910. The summed E-state index contributed by atoms with van der Waals surface area (Å²) < 4.78 is 10.6. The van der Waals surface area contributed by atoms with Crippen LogP contribution < -0.4 is 0 Å². The van der Waals surface area contributed by atoms with Crippen LogP contribution in [0.2, 0.25) is 0 Å². The van der Waals surface area contributed by atoms with Gasteiger partial charge in [-0.05, 0) is 26.3 Å². The first-order valence-corrected chi connectivity index (χ1v) is 8.66. The van der Waals surface area contributed by atoms with Crippen molar-refractivity contribution >= 4 is 23.6 Å². The molecule has 2 fully saturated rings. The van der Waals surface area contributed by atoms with Gasteiger partial charge in [-0.25, -0.2) is 4.79 Å². The molecule has 124 valence electrons. The molecule has 0 unspecified atom stereocenters. The Kier molecular flexibility index (Phi) is 4.38. The largest absolute Gasteiger partial charge is 0.459 e. The molecule has 2 aliphatic heterocycles. The minimum atomic E-state index is -0.564. The van der Waals surface area contributed by atoms with Crippen molar-refractivity contribution in [3.63, 3.8) is 0 Å². The topological polar surface area (TPSA) is 55.8 Å². The van der Waals surface area contributed by atoms with Crippen LogP contribution in [0.25, 0.3) is 0 Å². The molecule has 5 nitrogen and oxygen atoms in total. The molecule has 23 heavy (non-hydrogen) atoms. The molecule has 6 heteroatoms. The average Bonchev–Trinajstić information content (AvgIpc) is 2.79. The Labute approximate surface area is 140 Å². The number of thioether (sulfide) groups is 1. The summed E-state index contributed by atoms with van der Waals surface area (Å²) >= 11 is 1.61. The number of benzene rings is 1. The maximum Gasteiger partial charge on any atom is 0.330 e. The Bertz CT molecular complexity index is 604. The molecule has 2 saturated heterocycles. The highest BCUT2D eigenvalue weighted by Crippen LogP contribution is 2.51. The number of hydrogen-bond acceptors (Lipinski definition) is 5. The summed E-state index contributed by atoms with van der Waals surface area (Å²) in [5, 5.41) is -0.0910. The van der Waals surface area contributed by atoms with E-state index in [1.165, 1.54) is 0 Å². The van der Waals surface area contributed by atoms with Crippen molar-refractivity contribution in [3.05, 3.63) is 35.9 Å². The molecular formula is C17H21NO4S. The fourth-order valence-electron chi connectivity index (χ4n) is 3.10. The minimum Gasteiger partial charge on any atom is -0.459 e. The third kappa shape index (κ3) is 2.85. The summed E-state index contributed by atoms with van der Waals surface area (Å²) in [4.78, 5) is 26.5. The van der Waals surface area contributed by atoms with Crippen LogP contribution in [0.5, 0.6) is 0 Å². The van der Waals surface area contributed by atoms with Gasteiger partial charge in [0, 0.05) is 11.4 Å². The number of esters is 1. The lowest BCUT2D eigenvalue weighted by Gasteiger charge is -2.43. The molecule has 0 radical (unpaired) electrons. The maximum absolute atomic E-state index is 12.6. The van der Waals surface area contributed by atoms with Crippen LogP contribution in [-0.2, 0) is 25.7 Å². The summed E-state index contributed by atoms with van der Waals surface area (Å²) in [7, 11) is 0. The molecule has 1 amide bonds. The zero-order valence-corrected chi connectivity index (χ0v) is 14.3. The summed E-state index contributed by atoms with van der Waals surface area (Å²) in [6, 6.07) is 8.97. The number of carbonyl (C=O) groups excluding carboxylic acids is 2. The van der Waals surface area contributed by atoms with Crippen LogP contribution in [0.4, 0.5) is 0 Å². The van der Waals surface area contributed by atoms with E-state index in [1.807, 2.05) is 51.1 Å². The number of amides is 1. The van der Waals surface area contributed by atoms with Gasteiger partial charge in [-0.1, -0.05) is 30.3 Å². The van der Waals surface area contributed by atoms with Crippen molar-refractivity contribution in [2.24, 2.45) is 0 Å². The average molecular weight is 335 g/mol. The highest BCUT2D eigenvalue weighted by Gasteiger charge is 2.64. The number of ether oxygens (including phenoxy) is 2. The van der Waals surface area contributed by atoms with E-state index >= 15 is 0 Å². The fourth-order valence-corrected chi connectivity index (χ4v) is 4.72. The number of nitrogens with zero attached hydrogens (tertiary/aromatic N) is 1. The van der Waals surface area contributed by atoms with E-state index < -0.39 is 12.1 Å². The van der Waals surface area contributed by atoms with Crippen molar-refractivity contribution in [1.29, 1.82) is 0 Å². The number of β-lactam (4-membered cyclic amide) rings is 1. The van der Waals surface area contributed by atoms with E-state index in [2.05, 4.69) is 0 Å². The molecule has 2 heterocycles. The summed E-state index contributed by atoms with van der Waals surface area (Å²) in [5.74, 6) is -0.464. The van der Waals surface area contributed by atoms with Crippen molar-refractivity contribution in [2.75, 3.05) is 6.61 Å². The van der Waals surface area contributed by atoms with Gasteiger partial charge in [0.25, 0.3) is 5.91 Å². The molecule has 0 N–H and O–H groups in total. The third-order valence-electron chi connectivity index (χ3n) is 4.19. The highest BCUT2D eigenvalue weighted by atomic mass is 32.2. The first-order chi connectivity index (χ1) is 11.0. The number of hydrogen-bond donors (Lipinski definition) is 0. The van der Waals surface area contributed by atoms with Gasteiger partial charge in [0.2, 0.25) is 0 Å². The van der Waals surface area contributed by atoms with E-state index in [4.69, 9.17) is 9.47 Å². The normalized spacial score (nSPS) is 28.2. The van der Waals surface area contributed by atoms with Crippen LogP contribution in [0.3, 0.4) is 0 Å². The Morgan fingerprint density at radius 3 is 2.65 bits per heavy atom. The second-order valence-electron chi connectivity index (χ2n) is 6.23. The van der Waals surface area contributed by atoms with Crippen molar-refractivity contribution in [1.82, 2.24) is 4.90 Å². The van der Waals surface area contributed by atoms with Crippen LogP contribution in [-0.4, -0.2) is 45.6 Å². The van der Waals surface area contributed by atoms with Gasteiger partial charge in [0.05, 0.1) is 0 Å². The molecule has 0 spiro atoms. The van der Waals surface area contributed by atoms with Gasteiger partial charge in [-0.2, -0.15) is 0 Å². The predicted octanol–water partition coefficient (Wildman–Crippen LogP) is 2.20. The lowest BCUT2D eigenvalue weighted by molar-refractivity contribution is -0.177. The van der Waals surface area contributed by atoms with Crippen LogP contribution in [0.1, 0.15) is 26.3 Å². The quantitative estimate of drug-likeness (QED) is 0.610. The SMILES string of the molecule is CCO[C@@H]1C(=O)N2[C@@H]1SC(C)(C)[C@@H]2C(=O)OCc1ccccc1. The maximum atomic E-state index is 12.6. The van der Waals surface area contributed by atoms with Gasteiger partial charge in [0.1, 0.15) is 18.0 Å². The zero-order chi connectivity index (χ0) is 16.6. The molecule has 3 rings (SSSR count). The fraction of sp³-hybridized carbons (Fsp3) is 0.529. The predicted molar refractivity (Wildman–Crippen MR) is 87.7 cm³/mol. The van der Waals surface area contributed by atoms with Crippen LogP contribution in [0, 0.1) is 0 Å². The Morgan fingerprint density at radius 2 is 2.00 bits per heavy atom. The first-order valence-electron chi connectivity index (χ1n) is 7.78. The molecule has 0 aliphatic carbocycles. The molecule has 0 saturated carbocycles. The second kappa shape index (κ2) is 6.17. The van der Waals surface area contributed by atoms with Gasteiger partial charge < -0.3 is 14.4 Å². The van der Waals surface area contributed by atoms with E-state index in [1.54, 1.807) is 16.7 Å². The standard InChI is InChI=1S/C17H21NO4S/c1-4-21-12-14(19)18-13(17(2,3)23-15(12)18)16(20)22-10-11-8-6-5-7-9-11/h5-9,12-13,15H,4,10H2,1-3H3/t12-,13+,15-/m1/s1. The third-order valence-corrected chi connectivity index (χ3v) is 5.73. The summed E-state index contributed by atoms with van der Waals surface area (Å²) in [6.45, 7) is 6.52. The number of carbonyl (C=O) groups is 2. The zero-order valence-electron chi connectivity index (χ0n) is 13.5. The van der Waals surface area contributed by atoms with E-state index in [0.29, 0.717) is 6.61 Å². The molecule has 0 bridgehead atoms. The van der Waals surface area contributed by atoms with Crippen molar-refractivity contribution in [3.8, 4) is 0 Å². The smallest absolute Gasteiger partial charge is 0.330 e. The number of rotatable bonds is 5.